The van der Waals surface area contributed by atoms with Crippen molar-refractivity contribution in [3.8, 4) is 17.3 Å². The molecule has 4 aromatic rings. The molecule has 1 amide bonds. The number of hydrogen-bond acceptors (Lipinski definition) is 5. The number of halogens is 3. The Morgan fingerprint density at radius 3 is 2.35 bits per heavy atom. The number of rotatable bonds is 6. The van der Waals surface area contributed by atoms with E-state index >= 15 is 0 Å². The predicted molar refractivity (Wildman–Crippen MR) is 120 cm³/mol. The van der Waals surface area contributed by atoms with Gasteiger partial charge in [0.25, 0.3) is 5.91 Å². The Labute approximate surface area is 193 Å². The minimum Gasteiger partial charge on any atom is -0.497 e. The van der Waals surface area contributed by atoms with Gasteiger partial charge in [-0.05, 0) is 50.2 Å². The highest BCUT2D eigenvalue weighted by Crippen LogP contribution is 2.38. The molecule has 0 saturated heterocycles. The number of anilines is 1. The van der Waals surface area contributed by atoms with Gasteiger partial charge in [0.2, 0.25) is 5.88 Å². The van der Waals surface area contributed by atoms with Crippen LogP contribution < -0.4 is 14.8 Å². The van der Waals surface area contributed by atoms with Gasteiger partial charge >= 0.3 is 6.18 Å². The molecule has 7 nitrogen and oxygen atoms in total. The maximum atomic E-state index is 13.9. The number of pyridine rings is 1. The Bertz CT molecular complexity index is 1330. The van der Waals surface area contributed by atoms with Crippen LogP contribution in [0.5, 0.6) is 11.6 Å². The molecule has 0 unspecified atom stereocenters. The number of aryl methyl sites for hydroxylation is 2. The predicted octanol–water partition coefficient (Wildman–Crippen LogP) is 5.08. The summed E-state index contributed by atoms with van der Waals surface area (Å²) in [5, 5.41) is 6.76. The molecule has 0 bridgehead atoms. The molecule has 10 heteroatoms. The summed E-state index contributed by atoms with van der Waals surface area (Å²) >= 11 is 0. The van der Waals surface area contributed by atoms with Crippen LogP contribution in [-0.4, -0.2) is 34.4 Å². The van der Waals surface area contributed by atoms with Crippen LogP contribution >= 0.6 is 0 Å². The van der Waals surface area contributed by atoms with Gasteiger partial charge in [0.1, 0.15) is 5.75 Å². The number of ether oxygens (including phenoxy) is 2. The Morgan fingerprint density at radius 1 is 1.06 bits per heavy atom. The lowest BCUT2D eigenvalue weighted by atomic mass is 10.1. The second kappa shape index (κ2) is 9.05. The highest BCUT2D eigenvalue weighted by atomic mass is 19.4. The van der Waals surface area contributed by atoms with Gasteiger partial charge in [-0.25, -0.2) is 4.68 Å². The molecular weight excluding hydrogens is 449 g/mol. The van der Waals surface area contributed by atoms with Crippen molar-refractivity contribution >= 4 is 22.6 Å². The number of amides is 1. The van der Waals surface area contributed by atoms with Gasteiger partial charge in [0, 0.05) is 11.8 Å². The summed E-state index contributed by atoms with van der Waals surface area (Å²) in [6, 6.07) is 14.5. The SMILES string of the molecule is COc1ccc(NC(=O)COc2cc(C(F)(F)F)c3c(C)nn(-c4ccc(C)cc4)c3n2)cc1. The summed E-state index contributed by atoms with van der Waals surface area (Å²) in [6.07, 6.45) is -4.67. The highest BCUT2D eigenvalue weighted by Gasteiger charge is 2.36. The standard InChI is InChI=1S/C24H21F3N4O3/c1-14-4-8-17(9-5-14)31-23-22(15(2)30-31)19(24(25,26)27)12-21(29-23)34-13-20(32)28-16-6-10-18(33-3)11-7-16/h4-12H,13H2,1-3H3,(H,28,32). The molecule has 1 N–H and O–H groups in total. The fourth-order valence-corrected chi connectivity index (χ4v) is 3.44. The smallest absolute Gasteiger partial charge is 0.417 e. The number of nitrogens with one attached hydrogen (secondary N) is 1. The lowest BCUT2D eigenvalue weighted by Gasteiger charge is -2.12. The van der Waals surface area contributed by atoms with Crippen molar-refractivity contribution in [3.05, 3.63) is 71.4 Å². The summed E-state index contributed by atoms with van der Waals surface area (Å²) in [7, 11) is 1.52. The Hall–Kier alpha value is -4.08. The summed E-state index contributed by atoms with van der Waals surface area (Å²) in [4.78, 5) is 16.5. The summed E-state index contributed by atoms with van der Waals surface area (Å²) in [5.41, 5.74) is 1.27. The topological polar surface area (TPSA) is 78.3 Å². The molecule has 0 aliphatic rings. The number of fused-ring (bicyclic) bond motifs is 1. The molecule has 2 aromatic carbocycles. The first-order chi connectivity index (χ1) is 16.2. The van der Waals surface area contributed by atoms with Crippen LogP contribution in [0.15, 0.2) is 54.6 Å². The van der Waals surface area contributed by atoms with Gasteiger partial charge < -0.3 is 14.8 Å². The molecule has 0 atom stereocenters. The van der Waals surface area contributed by atoms with Crippen molar-refractivity contribution in [1.82, 2.24) is 14.8 Å². The Morgan fingerprint density at radius 2 is 1.74 bits per heavy atom. The van der Waals surface area contributed by atoms with E-state index in [2.05, 4.69) is 15.4 Å². The first kappa shape index (κ1) is 23.1. The number of alkyl halides is 3. The van der Waals surface area contributed by atoms with Crippen LogP contribution in [0.2, 0.25) is 0 Å². The summed E-state index contributed by atoms with van der Waals surface area (Å²) < 4.78 is 53.4. The lowest BCUT2D eigenvalue weighted by Crippen LogP contribution is -2.20. The largest absolute Gasteiger partial charge is 0.497 e. The average Bonchev–Trinajstić information content (AvgIpc) is 3.14. The van der Waals surface area contributed by atoms with Crippen LogP contribution in [-0.2, 0) is 11.0 Å². The molecule has 0 saturated carbocycles. The number of methoxy groups -OCH3 is 1. The third kappa shape index (κ3) is 4.80. The van der Waals surface area contributed by atoms with Crippen molar-refractivity contribution in [3.63, 3.8) is 0 Å². The second-order valence-corrected chi connectivity index (χ2v) is 7.60. The number of carbonyl (C=O) groups excluding carboxylic acids is 1. The zero-order valence-corrected chi connectivity index (χ0v) is 18.6. The molecule has 0 aliphatic carbocycles. The Balaban J connectivity index is 1.65. The van der Waals surface area contributed by atoms with Crippen molar-refractivity contribution in [1.29, 1.82) is 0 Å². The van der Waals surface area contributed by atoms with Crippen LogP contribution in [0.25, 0.3) is 16.7 Å². The number of nitrogens with zero attached hydrogens (tertiary/aromatic N) is 3. The van der Waals surface area contributed by atoms with Gasteiger partial charge in [0.05, 0.1) is 29.4 Å². The molecule has 0 radical (unpaired) electrons. The van der Waals surface area contributed by atoms with E-state index in [1.807, 2.05) is 19.1 Å². The third-order valence-electron chi connectivity index (χ3n) is 5.10. The maximum Gasteiger partial charge on any atom is 0.417 e. The van der Waals surface area contributed by atoms with E-state index in [1.54, 1.807) is 36.4 Å². The van der Waals surface area contributed by atoms with Gasteiger partial charge in [-0.15, -0.1) is 0 Å². The van der Waals surface area contributed by atoms with E-state index < -0.39 is 24.3 Å². The maximum absolute atomic E-state index is 13.9. The molecule has 2 heterocycles. The third-order valence-corrected chi connectivity index (χ3v) is 5.10. The number of benzene rings is 2. The average molecular weight is 470 g/mol. The van der Waals surface area contributed by atoms with Crippen LogP contribution in [0.3, 0.4) is 0 Å². The van der Waals surface area contributed by atoms with Crippen LogP contribution in [0.1, 0.15) is 16.8 Å². The van der Waals surface area contributed by atoms with E-state index in [-0.39, 0.29) is 22.6 Å². The van der Waals surface area contributed by atoms with Gasteiger partial charge in [-0.1, -0.05) is 17.7 Å². The fraction of sp³-hybridized carbons (Fsp3) is 0.208. The zero-order valence-electron chi connectivity index (χ0n) is 18.6. The van der Waals surface area contributed by atoms with E-state index in [0.29, 0.717) is 17.1 Å². The van der Waals surface area contributed by atoms with Gasteiger partial charge in [-0.3, -0.25) is 4.79 Å². The summed E-state index contributed by atoms with van der Waals surface area (Å²) in [6.45, 7) is 2.87. The lowest BCUT2D eigenvalue weighted by molar-refractivity contribution is -0.136. The quantitative estimate of drug-likeness (QED) is 0.425. The molecule has 0 fully saturated rings. The monoisotopic (exact) mass is 470 g/mol. The molecule has 0 aliphatic heterocycles. The molecular formula is C24H21F3N4O3. The molecule has 0 spiro atoms. The first-order valence-corrected chi connectivity index (χ1v) is 10.3. The van der Waals surface area contributed by atoms with Crippen molar-refractivity contribution in [2.45, 2.75) is 20.0 Å². The van der Waals surface area contributed by atoms with Gasteiger partial charge in [-0.2, -0.15) is 23.3 Å². The minimum atomic E-state index is -4.67. The molecule has 4 rings (SSSR count). The number of carbonyl (C=O) groups is 1. The zero-order chi connectivity index (χ0) is 24.5. The Kier molecular flexibility index (Phi) is 6.14. The van der Waals surface area contributed by atoms with Crippen LogP contribution in [0.4, 0.5) is 18.9 Å². The number of aromatic nitrogens is 3. The van der Waals surface area contributed by atoms with E-state index in [1.165, 1.54) is 18.7 Å². The first-order valence-electron chi connectivity index (χ1n) is 10.3. The normalized spacial score (nSPS) is 11.5. The highest BCUT2D eigenvalue weighted by molar-refractivity contribution is 5.92. The number of hydrogen-bond donors (Lipinski definition) is 1. The van der Waals surface area contributed by atoms with E-state index in [4.69, 9.17) is 9.47 Å². The summed E-state index contributed by atoms with van der Waals surface area (Å²) in [5.74, 6) is -0.270. The van der Waals surface area contributed by atoms with E-state index in [9.17, 15) is 18.0 Å². The molecule has 34 heavy (non-hydrogen) atoms. The van der Waals surface area contributed by atoms with Crippen LogP contribution in [0, 0.1) is 13.8 Å². The fourth-order valence-electron chi connectivity index (χ4n) is 3.44. The minimum absolute atomic E-state index is 0.0123. The van der Waals surface area contributed by atoms with Crippen molar-refractivity contribution in [2.24, 2.45) is 0 Å². The second-order valence-electron chi connectivity index (χ2n) is 7.60. The van der Waals surface area contributed by atoms with E-state index in [0.717, 1.165) is 11.6 Å². The van der Waals surface area contributed by atoms with Crippen molar-refractivity contribution < 1.29 is 27.4 Å². The molecule has 176 valence electrons. The van der Waals surface area contributed by atoms with Gasteiger partial charge in [0.15, 0.2) is 12.3 Å². The molecule has 2 aromatic heterocycles. The van der Waals surface area contributed by atoms with Crippen molar-refractivity contribution in [2.75, 3.05) is 19.0 Å².